The van der Waals surface area contributed by atoms with E-state index >= 15 is 0 Å². The maximum Gasteiger partial charge on any atom is 0.270 e. The number of nitrogens with zero attached hydrogens (tertiary/aromatic N) is 2. The molecule has 6 nitrogen and oxygen atoms in total. The fourth-order valence-electron chi connectivity index (χ4n) is 2.18. The molecular formula is C20H18N4O2. The molecular weight excluding hydrogens is 328 g/mol. The van der Waals surface area contributed by atoms with E-state index in [1.807, 2.05) is 54.6 Å². The fraction of sp³-hybridized carbons (Fsp3) is 0.0500. The predicted molar refractivity (Wildman–Crippen MR) is 101 cm³/mol. The normalized spacial score (nSPS) is 10.0. The lowest BCUT2D eigenvalue weighted by molar-refractivity contribution is 0.0953. The number of amides is 1. The summed E-state index contributed by atoms with van der Waals surface area (Å²) >= 11 is 0. The summed E-state index contributed by atoms with van der Waals surface area (Å²) in [7, 11) is 0. The van der Waals surface area contributed by atoms with Gasteiger partial charge in [0.2, 0.25) is 0 Å². The maximum absolute atomic E-state index is 11.9. The summed E-state index contributed by atoms with van der Waals surface area (Å²) in [5, 5.41) is 5.82. The van der Waals surface area contributed by atoms with Crippen molar-refractivity contribution in [3.05, 3.63) is 85.3 Å². The molecule has 130 valence electrons. The zero-order valence-corrected chi connectivity index (χ0v) is 14.1. The van der Waals surface area contributed by atoms with E-state index in [0.29, 0.717) is 12.4 Å². The Morgan fingerprint density at radius 3 is 2.50 bits per heavy atom. The van der Waals surface area contributed by atoms with Crippen LogP contribution in [0.4, 0.5) is 11.5 Å². The lowest BCUT2D eigenvalue weighted by Crippen LogP contribution is -2.24. The number of rotatable bonds is 7. The van der Waals surface area contributed by atoms with E-state index in [4.69, 9.17) is 4.74 Å². The number of benzene rings is 2. The Morgan fingerprint density at radius 2 is 1.77 bits per heavy atom. The number of carbonyl (C=O) groups excluding carboxylic acids is 1. The quantitative estimate of drug-likeness (QED) is 0.634. The third kappa shape index (κ3) is 4.67. The van der Waals surface area contributed by atoms with Crippen LogP contribution in [0.5, 0.6) is 11.5 Å². The molecule has 6 heteroatoms. The van der Waals surface area contributed by atoms with Crippen LogP contribution in [0, 0.1) is 0 Å². The summed E-state index contributed by atoms with van der Waals surface area (Å²) in [5.41, 5.74) is 1.11. The second-order valence-corrected chi connectivity index (χ2v) is 5.35. The van der Waals surface area contributed by atoms with Crippen molar-refractivity contribution in [3.8, 4) is 11.5 Å². The van der Waals surface area contributed by atoms with Gasteiger partial charge in [-0.05, 0) is 36.4 Å². The van der Waals surface area contributed by atoms with Gasteiger partial charge in [0, 0.05) is 18.3 Å². The molecule has 0 bridgehead atoms. The molecule has 3 aromatic rings. The molecule has 0 atom stereocenters. The van der Waals surface area contributed by atoms with Crippen LogP contribution in [0.2, 0.25) is 0 Å². The zero-order chi connectivity index (χ0) is 18.2. The van der Waals surface area contributed by atoms with Crippen molar-refractivity contribution >= 4 is 17.4 Å². The number of carbonyl (C=O) groups is 1. The average molecular weight is 346 g/mol. The Bertz CT molecular complexity index is 880. The summed E-state index contributed by atoms with van der Waals surface area (Å²) in [4.78, 5) is 20.0. The molecule has 0 radical (unpaired) electrons. The first kappa shape index (κ1) is 17.2. The second kappa shape index (κ2) is 8.43. The van der Waals surface area contributed by atoms with Crippen molar-refractivity contribution in [2.45, 2.75) is 0 Å². The van der Waals surface area contributed by atoms with E-state index in [1.54, 1.807) is 12.1 Å². The van der Waals surface area contributed by atoms with Crippen LogP contribution in [-0.4, -0.2) is 22.4 Å². The van der Waals surface area contributed by atoms with Gasteiger partial charge in [0.25, 0.3) is 5.91 Å². The highest BCUT2D eigenvalue weighted by Crippen LogP contribution is 2.23. The van der Waals surface area contributed by atoms with Crippen molar-refractivity contribution < 1.29 is 9.53 Å². The minimum Gasteiger partial charge on any atom is -0.457 e. The average Bonchev–Trinajstić information content (AvgIpc) is 2.69. The highest BCUT2D eigenvalue weighted by atomic mass is 16.5. The molecule has 0 spiro atoms. The third-order valence-electron chi connectivity index (χ3n) is 3.41. The molecule has 0 unspecified atom stereocenters. The Morgan fingerprint density at radius 1 is 1.04 bits per heavy atom. The first-order valence-corrected chi connectivity index (χ1v) is 8.06. The molecule has 0 fully saturated rings. The van der Waals surface area contributed by atoms with Crippen LogP contribution in [-0.2, 0) is 0 Å². The van der Waals surface area contributed by atoms with Gasteiger partial charge in [-0.1, -0.05) is 24.3 Å². The lowest BCUT2D eigenvalue weighted by atomic mass is 10.3. The molecule has 26 heavy (non-hydrogen) atoms. The van der Waals surface area contributed by atoms with Crippen molar-refractivity contribution in [1.82, 2.24) is 15.3 Å². The maximum atomic E-state index is 11.9. The SMILES string of the molecule is C=CCNC(=O)c1cc(Nc2ccc(Oc3ccccc3)cc2)ncn1. The van der Waals surface area contributed by atoms with E-state index in [0.717, 1.165) is 17.2 Å². The molecule has 1 heterocycles. The molecule has 1 amide bonds. The van der Waals surface area contributed by atoms with Gasteiger partial charge in [0.15, 0.2) is 0 Å². The number of nitrogens with one attached hydrogen (secondary N) is 2. The Labute approximate surface area is 151 Å². The minimum atomic E-state index is -0.276. The summed E-state index contributed by atoms with van der Waals surface area (Å²) in [5.74, 6) is 1.76. The summed E-state index contributed by atoms with van der Waals surface area (Å²) in [6, 6.07) is 18.6. The number of ether oxygens (including phenoxy) is 1. The molecule has 2 aromatic carbocycles. The molecule has 1 aromatic heterocycles. The van der Waals surface area contributed by atoms with Gasteiger partial charge < -0.3 is 15.4 Å². The zero-order valence-electron chi connectivity index (χ0n) is 14.1. The van der Waals surface area contributed by atoms with Crippen LogP contribution < -0.4 is 15.4 Å². The molecule has 3 rings (SSSR count). The Kier molecular flexibility index (Phi) is 5.57. The number of para-hydroxylation sites is 1. The monoisotopic (exact) mass is 346 g/mol. The van der Waals surface area contributed by atoms with E-state index in [2.05, 4.69) is 27.2 Å². The predicted octanol–water partition coefficient (Wildman–Crippen LogP) is 3.93. The number of hydrogen-bond donors (Lipinski definition) is 2. The minimum absolute atomic E-state index is 0.276. The first-order chi connectivity index (χ1) is 12.7. The molecule has 0 aliphatic carbocycles. The highest BCUT2D eigenvalue weighted by molar-refractivity contribution is 5.93. The first-order valence-electron chi connectivity index (χ1n) is 8.06. The van der Waals surface area contributed by atoms with E-state index in [9.17, 15) is 4.79 Å². The van der Waals surface area contributed by atoms with Crippen LogP contribution in [0.3, 0.4) is 0 Å². The number of hydrogen-bond acceptors (Lipinski definition) is 5. The van der Waals surface area contributed by atoms with Crippen molar-refractivity contribution in [2.75, 3.05) is 11.9 Å². The van der Waals surface area contributed by atoms with Gasteiger partial charge in [-0.2, -0.15) is 0 Å². The van der Waals surface area contributed by atoms with Crippen molar-refractivity contribution in [1.29, 1.82) is 0 Å². The smallest absolute Gasteiger partial charge is 0.270 e. The van der Waals surface area contributed by atoms with Crippen molar-refractivity contribution in [2.24, 2.45) is 0 Å². The van der Waals surface area contributed by atoms with Crippen LogP contribution in [0.15, 0.2) is 79.6 Å². The van der Waals surface area contributed by atoms with Crippen molar-refractivity contribution in [3.63, 3.8) is 0 Å². The number of aromatic nitrogens is 2. The van der Waals surface area contributed by atoms with Gasteiger partial charge in [0.05, 0.1) is 0 Å². The Balaban J connectivity index is 1.65. The van der Waals surface area contributed by atoms with Gasteiger partial charge in [-0.3, -0.25) is 4.79 Å². The molecule has 0 aliphatic heterocycles. The molecule has 0 saturated carbocycles. The van der Waals surface area contributed by atoms with E-state index < -0.39 is 0 Å². The third-order valence-corrected chi connectivity index (χ3v) is 3.41. The van der Waals surface area contributed by atoms with E-state index in [1.165, 1.54) is 6.33 Å². The molecule has 0 saturated heterocycles. The lowest BCUT2D eigenvalue weighted by Gasteiger charge is -2.09. The standard InChI is InChI=1S/C20H18N4O2/c1-2-12-21-20(25)18-13-19(23-14-22-18)24-15-8-10-17(11-9-15)26-16-6-4-3-5-7-16/h2-11,13-14H,1,12H2,(H,21,25)(H,22,23,24). The largest absolute Gasteiger partial charge is 0.457 e. The summed E-state index contributed by atoms with van der Waals surface area (Å²) in [6.07, 6.45) is 2.95. The Hall–Kier alpha value is -3.67. The van der Waals surface area contributed by atoms with Crippen LogP contribution in [0.25, 0.3) is 0 Å². The van der Waals surface area contributed by atoms with Crippen LogP contribution in [0.1, 0.15) is 10.5 Å². The van der Waals surface area contributed by atoms with Gasteiger partial charge in [0.1, 0.15) is 29.3 Å². The second-order valence-electron chi connectivity index (χ2n) is 5.35. The highest BCUT2D eigenvalue weighted by Gasteiger charge is 2.08. The van der Waals surface area contributed by atoms with E-state index in [-0.39, 0.29) is 11.6 Å². The van der Waals surface area contributed by atoms with Gasteiger partial charge in [-0.15, -0.1) is 6.58 Å². The van der Waals surface area contributed by atoms with Gasteiger partial charge >= 0.3 is 0 Å². The molecule has 0 aliphatic rings. The summed E-state index contributed by atoms with van der Waals surface area (Å²) < 4.78 is 5.76. The molecule has 2 N–H and O–H groups in total. The topological polar surface area (TPSA) is 76.1 Å². The number of anilines is 2. The van der Waals surface area contributed by atoms with Crippen LogP contribution >= 0.6 is 0 Å². The van der Waals surface area contributed by atoms with Gasteiger partial charge in [-0.25, -0.2) is 9.97 Å². The summed E-state index contributed by atoms with van der Waals surface area (Å²) in [6.45, 7) is 3.95. The fourth-order valence-corrected chi connectivity index (χ4v) is 2.18.